The SMILES string of the molecule is COc1ccc(CNC2CN3CCC2CC3)cc1. The second-order valence-corrected chi connectivity index (χ2v) is 5.47. The van der Waals surface area contributed by atoms with Crippen LogP contribution in [0, 0.1) is 5.92 Å². The first-order chi connectivity index (χ1) is 8.85. The second kappa shape index (κ2) is 5.29. The van der Waals surface area contributed by atoms with Crippen molar-refractivity contribution in [3.8, 4) is 5.75 Å². The largest absolute Gasteiger partial charge is 0.497 e. The van der Waals surface area contributed by atoms with Crippen LogP contribution in [0.4, 0.5) is 0 Å². The minimum Gasteiger partial charge on any atom is -0.497 e. The molecule has 3 heterocycles. The molecule has 1 atom stereocenters. The van der Waals surface area contributed by atoms with Crippen molar-refractivity contribution >= 4 is 0 Å². The zero-order valence-corrected chi connectivity index (χ0v) is 11.1. The van der Waals surface area contributed by atoms with Crippen LogP contribution in [0.25, 0.3) is 0 Å². The highest BCUT2D eigenvalue weighted by Gasteiger charge is 2.33. The normalized spacial score (nSPS) is 30.4. The summed E-state index contributed by atoms with van der Waals surface area (Å²) in [5.74, 6) is 1.83. The van der Waals surface area contributed by atoms with Crippen molar-refractivity contribution in [2.75, 3.05) is 26.7 Å². The first-order valence-corrected chi connectivity index (χ1v) is 6.94. The van der Waals surface area contributed by atoms with Crippen LogP contribution < -0.4 is 10.1 Å². The van der Waals surface area contributed by atoms with Crippen LogP contribution in [0.5, 0.6) is 5.75 Å². The van der Waals surface area contributed by atoms with Crippen molar-refractivity contribution in [2.45, 2.75) is 25.4 Å². The number of nitrogens with one attached hydrogen (secondary N) is 1. The summed E-state index contributed by atoms with van der Waals surface area (Å²) in [6.07, 6.45) is 2.75. The highest BCUT2D eigenvalue weighted by Crippen LogP contribution is 2.27. The lowest BCUT2D eigenvalue weighted by molar-refractivity contribution is 0.0720. The van der Waals surface area contributed by atoms with Crippen LogP contribution in [0.15, 0.2) is 24.3 Å². The Balaban J connectivity index is 1.54. The summed E-state index contributed by atoms with van der Waals surface area (Å²) in [6.45, 7) is 4.83. The maximum Gasteiger partial charge on any atom is 0.118 e. The standard InChI is InChI=1S/C15H22N2O/c1-18-14-4-2-12(3-5-14)10-16-15-11-17-8-6-13(15)7-9-17/h2-5,13,15-16H,6-11H2,1H3. The molecule has 3 aliphatic rings. The molecule has 0 radical (unpaired) electrons. The molecular weight excluding hydrogens is 224 g/mol. The van der Waals surface area contributed by atoms with Gasteiger partial charge >= 0.3 is 0 Å². The molecule has 2 bridgehead atoms. The van der Waals surface area contributed by atoms with Crippen molar-refractivity contribution in [1.82, 2.24) is 10.2 Å². The van der Waals surface area contributed by atoms with Gasteiger partial charge in [0.2, 0.25) is 0 Å². The molecule has 4 rings (SSSR count). The molecule has 18 heavy (non-hydrogen) atoms. The molecule has 1 aromatic rings. The van der Waals surface area contributed by atoms with Gasteiger partial charge in [-0.15, -0.1) is 0 Å². The summed E-state index contributed by atoms with van der Waals surface area (Å²) >= 11 is 0. The number of nitrogens with zero attached hydrogens (tertiary/aromatic N) is 1. The molecule has 1 unspecified atom stereocenters. The zero-order chi connectivity index (χ0) is 12.4. The van der Waals surface area contributed by atoms with E-state index in [1.54, 1.807) is 7.11 Å². The van der Waals surface area contributed by atoms with Crippen molar-refractivity contribution in [3.05, 3.63) is 29.8 Å². The van der Waals surface area contributed by atoms with E-state index in [4.69, 9.17) is 4.74 Å². The van der Waals surface area contributed by atoms with Crippen LogP contribution in [0.2, 0.25) is 0 Å². The lowest BCUT2D eigenvalue weighted by Crippen LogP contribution is -2.55. The fourth-order valence-corrected chi connectivity index (χ4v) is 3.19. The summed E-state index contributed by atoms with van der Waals surface area (Å²) in [5, 5.41) is 3.72. The van der Waals surface area contributed by atoms with Crippen LogP contribution in [-0.2, 0) is 6.54 Å². The number of hydrogen-bond donors (Lipinski definition) is 1. The zero-order valence-electron chi connectivity index (χ0n) is 11.1. The molecule has 0 aromatic heterocycles. The molecule has 1 N–H and O–H groups in total. The van der Waals surface area contributed by atoms with E-state index in [0.717, 1.165) is 18.2 Å². The molecule has 3 aliphatic heterocycles. The van der Waals surface area contributed by atoms with Gasteiger partial charge in [-0.3, -0.25) is 0 Å². The highest BCUT2D eigenvalue weighted by molar-refractivity contribution is 5.27. The molecule has 0 spiro atoms. The Morgan fingerprint density at radius 3 is 2.50 bits per heavy atom. The summed E-state index contributed by atoms with van der Waals surface area (Å²) in [5.41, 5.74) is 1.34. The third-order valence-electron chi connectivity index (χ3n) is 4.38. The van der Waals surface area contributed by atoms with Crippen LogP contribution in [-0.4, -0.2) is 37.7 Å². The predicted molar refractivity (Wildman–Crippen MR) is 72.8 cm³/mol. The van der Waals surface area contributed by atoms with Gasteiger partial charge in [-0.25, -0.2) is 0 Å². The first kappa shape index (κ1) is 12.0. The van der Waals surface area contributed by atoms with Crippen molar-refractivity contribution in [1.29, 1.82) is 0 Å². The Labute approximate surface area is 109 Å². The Morgan fingerprint density at radius 1 is 1.22 bits per heavy atom. The highest BCUT2D eigenvalue weighted by atomic mass is 16.5. The summed E-state index contributed by atoms with van der Waals surface area (Å²) in [7, 11) is 1.71. The minimum atomic E-state index is 0.689. The van der Waals surface area contributed by atoms with E-state index < -0.39 is 0 Å². The van der Waals surface area contributed by atoms with Gasteiger partial charge in [-0.2, -0.15) is 0 Å². The Kier molecular flexibility index (Phi) is 3.52. The van der Waals surface area contributed by atoms with E-state index in [0.29, 0.717) is 6.04 Å². The summed E-state index contributed by atoms with van der Waals surface area (Å²) in [4.78, 5) is 2.59. The number of fused-ring (bicyclic) bond motifs is 3. The van der Waals surface area contributed by atoms with Gasteiger partial charge in [-0.1, -0.05) is 12.1 Å². The van der Waals surface area contributed by atoms with Gasteiger partial charge in [-0.05, 0) is 49.5 Å². The third-order valence-corrected chi connectivity index (χ3v) is 4.38. The Hall–Kier alpha value is -1.06. The van der Waals surface area contributed by atoms with E-state index in [-0.39, 0.29) is 0 Å². The van der Waals surface area contributed by atoms with Gasteiger partial charge < -0.3 is 15.0 Å². The lowest BCUT2D eigenvalue weighted by atomic mass is 9.84. The number of piperidine rings is 3. The number of methoxy groups -OCH3 is 1. The minimum absolute atomic E-state index is 0.689. The molecule has 3 saturated heterocycles. The second-order valence-electron chi connectivity index (χ2n) is 5.47. The first-order valence-electron chi connectivity index (χ1n) is 6.94. The average Bonchev–Trinajstić information content (AvgIpc) is 2.47. The van der Waals surface area contributed by atoms with Crippen molar-refractivity contribution in [2.24, 2.45) is 5.92 Å². The van der Waals surface area contributed by atoms with Crippen molar-refractivity contribution < 1.29 is 4.74 Å². The van der Waals surface area contributed by atoms with E-state index in [1.807, 2.05) is 12.1 Å². The lowest BCUT2D eigenvalue weighted by Gasteiger charge is -2.45. The van der Waals surface area contributed by atoms with E-state index in [2.05, 4.69) is 22.3 Å². The van der Waals surface area contributed by atoms with Crippen LogP contribution >= 0.6 is 0 Å². The van der Waals surface area contributed by atoms with Gasteiger partial charge in [0.25, 0.3) is 0 Å². The van der Waals surface area contributed by atoms with Crippen LogP contribution in [0.3, 0.4) is 0 Å². The molecule has 98 valence electrons. The van der Waals surface area contributed by atoms with Gasteiger partial charge in [0.05, 0.1) is 7.11 Å². The van der Waals surface area contributed by atoms with E-state index in [1.165, 1.54) is 38.0 Å². The van der Waals surface area contributed by atoms with E-state index >= 15 is 0 Å². The molecule has 3 heteroatoms. The monoisotopic (exact) mass is 246 g/mol. The molecule has 0 aliphatic carbocycles. The Morgan fingerprint density at radius 2 is 1.94 bits per heavy atom. The van der Waals surface area contributed by atoms with Gasteiger partial charge in [0.1, 0.15) is 5.75 Å². The number of ether oxygens (including phenoxy) is 1. The fourth-order valence-electron chi connectivity index (χ4n) is 3.19. The number of rotatable bonds is 4. The summed E-state index contributed by atoms with van der Waals surface area (Å²) < 4.78 is 5.18. The maximum absolute atomic E-state index is 5.18. The smallest absolute Gasteiger partial charge is 0.118 e. The number of benzene rings is 1. The Bertz CT molecular complexity index is 382. The fraction of sp³-hybridized carbons (Fsp3) is 0.600. The third kappa shape index (κ3) is 2.52. The molecule has 1 aromatic carbocycles. The molecule has 0 saturated carbocycles. The average molecular weight is 246 g/mol. The predicted octanol–water partition coefficient (Wildman–Crippen LogP) is 1.88. The molecule has 0 amide bonds. The van der Waals surface area contributed by atoms with Crippen LogP contribution in [0.1, 0.15) is 18.4 Å². The van der Waals surface area contributed by atoms with Gasteiger partial charge in [0, 0.05) is 19.1 Å². The summed E-state index contributed by atoms with van der Waals surface area (Å²) in [6, 6.07) is 9.05. The topological polar surface area (TPSA) is 24.5 Å². The van der Waals surface area contributed by atoms with E-state index in [9.17, 15) is 0 Å². The molecular formula is C15H22N2O. The quantitative estimate of drug-likeness (QED) is 0.878. The maximum atomic E-state index is 5.18. The molecule has 3 nitrogen and oxygen atoms in total. The molecule has 3 fully saturated rings. The van der Waals surface area contributed by atoms with Gasteiger partial charge in [0.15, 0.2) is 0 Å². The number of hydrogen-bond acceptors (Lipinski definition) is 3. The van der Waals surface area contributed by atoms with Crippen molar-refractivity contribution in [3.63, 3.8) is 0 Å².